The summed E-state index contributed by atoms with van der Waals surface area (Å²) in [4.78, 5) is 24.4. The maximum absolute atomic E-state index is 12.4. The van der Waals surface area contributed by atoms with Gasteiger partial charge in [-0.1, -0.05) is 6.92 Å². The van der Waals surface area contributed by atoms with Gasteiger partial charge in [0.1, 0.15) is 5.75 Å². The first-order valence-corrected chi connectivity index (χ1v) is 7.99. The van der Waals surface area contributed by atoms with Gasteiger partial charge in [0.25, 0.3) is 5.91 Å². The first-order valence-electron chi connectivity index (χ1n) is 7.99. The fraction of sp³-hybridized carbons (Fsp3) is 0.444. The second-order valence-electron chi connectivity index (χ2n) is 6.28. The Bertz CT molecular complexity index is 772. The lowest BCUT2D eigenvalue weighted by molar-refractivity contribution is 0.0891. The molecule has 1 N–H and O–H groups in total. The second-order valence-corrected chi connectivity index (χ2v) is 6.28. The predicted molar refractivity (Wildman–Crippen MR) is 87.9 cm³/mol. The lowest BCUT2D eigenvalue weighted by atomic mass is 9.87. The summed E-state index contributed by atoms with van der Waals surface area (Å²) in [5.74, 6) is 1.07. The SMILES string of the molecule is COc1ccc2c(=O)oc(C(=O)NC3CCC(C)CC3)cc2c1. The number of hydrogen-bond donors (Lipinski definition) is 1. The van der Waals surface area contributed by atoms with Crippen molar-refractivity contribution in [3.63, 3.8) is 0 Å². The molecule has 23 heavy (non-hydrogen) atoms. The molecule has 1 fully saturated rings. The number of rotatable bonds is 3. The van der Waals surface area contributed by atoms with E-state index in [2.05, 4.69) is 12.2 Å². The third-order valence-electron chi connectivity index (χ3n) is 4.54. The topological polar surface area (TPSA) is 68.5 Å². The van der Waals surface area contributed by atoms with Crippen LogP contribution in [0.15, 0.2) is 33.5 Å². The fourth-order valence-electron chi connectivity index (χ4n) is 3.07. The molecule has 3 rings (SSSR count). The maximum Gasteiger partial charge on any atom is 0.344 e. The molecule has 1 aromatic carbocycles. The summed E-state index contributed by atoms with van der Waals surface area (Å²) in [5.41, 5.74) is -0.507. The highest BCUT2D eigenvalue weighted by Crippen LogP contribution is 2.24. The summed E-state index contributed by atoms with van der Waals surface area (Å²) in [6.07, 6.45) is 4.17. The van der Waals surface area contributed by atoms with Crippen molar-refractivity contribution in [1.82, 2.24) is 5.32 Å². The summed E-state index contributed by atoms with van der Waals surface area (Å²) in [5, 5.41) is 4.05. The van der Waals surface area contributed by atoms with Crippen LogP contribution in [0.2, 0.25) is 0 Å². The number of hydrogen-bond acceptors (Lipinski definition) is 4. The molecule has 0 bridgehead atoms. The second kappa shape index (κ2) is 6.44. The Morgan fingerprint density at radius 3 is 2.65 bits per heavy atom. The highest BCUT2D eigenvalue weighted by Gasteiger charge is 2.21. The molecule has 0 spiro atoms. The normalized spacial score (nSPS) is 21.1. The van der Waals surface area contributed by atoms with E-state index in [4.69, 9.17) is 9.15 Å². The van der Waals surface area contributed by atoms with E-state index in [1.807, 2.05) is 0 Å². The summed E-state index contributed by atoms with van der Waals surface area (Å²) < 4.78 is 10.3. The van der Waals surface area contributed by atoms with E-state index in [9.17, 15) is 9.59 Å². The molecule has 0 radical (unpaired) electrons. The molecule has 2 aromatic rings. The van der Waals surface area contributed by atoms with Crippen molar-refractivity contribution in [2.75, 3.05) is 7.11 Å². The van der Waals surface area contributed by atoms with E-state index in [-0.39, 0.29) is 17.7 Å². The lowest BCUT2D eigenvalue weighted by Crippen LogP contribution is -2.37. The number of ether oxygens (including phenoxy) is 1. The summed E-state index contributed by atoms with van der Waals surface area (Å²) >= 11 is 0. The minimum Gasteiger partial charge on any atom is -0.497 e. The molecule has 1 aliphatic rings. The number of nitrogens with one attached hydrogen (secondary N) is 1. The van der Waals surface area contributed by atoms with Crippen molar-refractivity contribution in [2.24, 2.45) is 5.92 Å². The Hall–Kier alpha value is -2.30. The predicted octanol–water partition coefficient (Wildman–Crippen LogP) is 3.11. The standard InChI is InChI=1S/C18H21NO4/c1-11-3-5-13(6-4-11)19-17(20)16-10-12-9-14(22-2)7-8-15(12)18(21)23-16/h7-11,13H,3-6H2,1-2H3,(H,19,20). The third kappa shape index (κ3) is 3.38. The molecule has 122 valence electrons. The zero-order valence-electron chi connectivity index (χ0n) is 13.4. The summed E-state index contributed by atoms with van der Waals surface area (Å²) in [6.45, 7) is 2.23. The molecule has 1 saturated carbocycles. The number of benzene rings is 1. The molecular weight excluding hydrogens is 294 g/mol. The smallest absolute Gasteiger partial charge is 0.344 e. The van der Waals surface area contributed by atoms with Gasteiger partial charge in [-0.15, -0.1) is 0 Å². The van der Waals surface area contributed by atoms with Gasteiger partial charge in [0, 0.05) is 6.04 Å². The van der Waals surface area contributed by atoms with Crippen molar-refractivity contribution < 1.29 is 13.9 Å². The van der Waals surface area contributed by atoms with Crippen LogP contribution in [0.25, 0.3) is 10.8 Å². The van der Waals surface area contributed by atoms with Crippen molar-refractivity contribution >= 4 is 16.7 Å². The molecule has 0 saturated heterocycles. The molecule has 5 heteroatoms. The minimum atomic E-state index is -0.507. The number of carbonyl (C=O) groups excluding carboxylic acids is 1. The van der Waals surface area contributed by atoms with Crippen LogP contribution in [0.1, 0.15) is 43.2 Å². The molecule has 1 aliphatic carbocycles. The number of amides is 1. The lowest BCUT2D eigenvalue weighted by Gasteiger charge is -2.26. The first-order chi connectivity index (χ1) is 11.1. The van der Waals surface area contributed by atoms with Crippen LogP contribution in [0, 0.1) is 5.92 Å². The van der Waals surface area contributed by atoms with Gasteiger partial charge in [-0.2, -0.15) is 0 Å². The monoisotopic (exact) mass is 315 g/mol. The zero-order chi connectivity index (χ0) is 16.4. The minimum absolute atomic E-state index is 0.0503. The average Bonchev–Trinajstić information content (AvgIpc) is 2.56. The first kappa shape index (κ1) is 15.6. The van der Waals surface area contributed by atoms with Crippen molar-refractivity contribution in [2.45, 2.75) is 38.6 Å². The Kier molecular flexibility index (Phi) is 4.37. The largest absolute Gasteiger partial charge is 0.497 e. The van der Waals surface area contributed by atoms with Crippen LogP contribution in [0.3, 0.4) is 0 Å². The summed E-state index contributed by atoms with van der Waals surface area (Å²) in [7, 11) is 1.56. The summed E-state index contributed by atoms with van der Waals surface area (Å²) in [6, 6.07) is 6.82. The van der Waals surface area contributed by atoms with Gasteiger partial charge < -0.3 is 14.5 Å². The van der Waals surface area contributed by atoms with Crippen LogP contribution in [-0.4, -0.2) is 19.1 Å². The van der Waals surface area contributed by atoms with Crippen LogP contribution < -0.4 is 15.7 Å². The number of methoxy groups -OCH3 is 1. The Labute approximate surface area is 134 Å². The van der Waals surface area contributed by atoms with Gasteiger partial charge in [-0.25, -0.2) is 4.79 Å². The zero-order valence-corrected chi connectivity index (χ0v) is 13.4. The van der Waals surface area contributed by atoms with Gasteiger partial charge in [-0.3, -0.25) is 4.79 Å². The molecule has 1 aromatic heterocycles. The number of fused-ring (bicyclic) bond motifs is 1. The van der Waals surface area contributed by atoms with Gasteiger partial charge in [0.2, 0.25) is 0 Å². The van der Waals surface area contributed by atoms with Crippen molar-refractivity contribution in [3.8, 4) is 5.75 Å². The van der Waals surface area contributed by atoms with Crippen LogP contribution >= 0.6 is 0 Å². The van der Waals surface area contributed by atoms with Gasteiger partial charge in [0.15, 0.2) is 5.76 Å². The van der Waals surface area contributed by atoms with E-state index >= 15 is 0 Å². The Balaban J connectivity index is 1.84. The van der Waals surface area contributed by atoms with Gasteiger partial charge in [0.05, 0.1) is 12.5 Å². The number of carbonyl (C=O) groups is 1. The van der Waals surface area contributed by atoms with Crippen molar-refractivity contribution in [1.29, 1.82) is 0 Å². The van der Waals surface area contributed by atoms with Gasteiger partial charge in [-0.05, 0) is 61.3 Å². The van der Waals surface area contributed by atoms with Crippen LogP contribution in [0.4, 0.5) is 0 Å². The highest BCUT2D eigenvalue weighted by molar-refractivity contribution is 5.95. The third-order valence-corrected chi connectivity index (χ3v) is 4.54. The van der Waals surface area contributed by atoms with E-state index in [1.165, 1.54) is 0 Å². The van der Waals surface area contributed by atoms with Gasteiger partial charge >= 0.3 is 5.63 Å². The van der Waals surface area contributed by atoms with Crippen LogP contribution in [0.5, 0.6) is 5.75 Å². The Morgan fingerprint density at radius 2 is 1.96 bits per heavy atom. The Morgan fingerprint density at radius 1 is 1.22 bits per heavy atom. The molecule has 1 amide bonds. The molecular formula is C18H21NO4. The van der Waals surface area contributed by atoms with E-state index < -0.39 is 5.63 Å². The van der Waals surface area contributed by atoms with Crippen molar-refractivity contribution in [3.05, 3.63) is 40.4 Å². The van der Waals surface area contributed by atoms with E-state index in [0.717, 1.165) is 25.7 Å². The molecule has 0 aliphatic heterocycles. The molecule has 5 nitrogen and oxygen atoms in total. The molecule has 1 heterocycles. The van der Waals surface area contributed by atoms with Crippen LogP contribution in [-0.2, 0) is 0 Å². The maximum atomic E-state index is 12.4. The molecule has 0 atom stereocenters. The fourth-order valence-corrected chi connectivity index (χ4v) is 3.07. The van der Waals surface area contributed by atoms with E-state index in [1.54, 1.807) is 31.4 Å². The highest BCUT2D eigenvalue weighted by atomic mass is 16.5. The molecule has 0 unspecified atom stereocenters. The van der Waals surface area contributed by atoms with E-state index in [0.29, 0.717) is 22.4 Å². The average molecular weight is 315 g/mol. The quantitative estimate of drug-likeness (QED) is 0.945.